The number of hydrogen-bond acceptors (Lipinski definition) is 3. The minimum Gasteiger partial charge on any atom is -0.310 e. The number of rotatable bonds is 12. The lowest BCUT2D eigenvalue weighted by atomic mass is 9.33. The van der Waals surface area contributed by atoms with Crippen molar-refractivity contribution in [3.05, 3.63) is 386 Å². The summed E-state index contributed by atoms with van der Waals surface area (Å²) in [5, 5.41) is 4.91. The number of benzene rings is 16. The van der Waals surface area contributed by atoms with Crippen LogP contribution >= 0.6 is 0 Å². The summed E-state index contributed by atoms with van der Waals surface area (Å²) in [5.41, 5.74) is 35.9. The monoisotopic (exact) mass is 1520 g/mol. The summed E-state index contributed by atoms with van der Waals surface area (Å²) in [6, 6.07) is 139. The van der Waals surface area contributed by atoms with E-state index >= 15 is 0 Å². The highest BCUT2D eigenvalue weighted by Gasteiger charge is 2.47. The zero-order valence-corrected chi connectivity index (χ0v) is 69.5. The van der Waals surface area contributed by atoms with Crippen molar-refractivity contribution in [2.75, 3.05) is 14.7 Å². The molecule has 0 saturated heterocycles. The van der Waals surface area contributed by atoms with E-state index in [1.165, 1.54) is 76.8 Å². The second kappa shape index (κ2) is 28.2. The molecule has 6 heteroatoms. The third-order valence-electron chi connectivity index (χ3n) is 24.8. The summed E-state index contributed by atoms with van der Waals surface area (Å²) < 4.78 is 4.93. The molecule has 0 spiro atoms. The zero-order chi connectivity index (χ0) is 80.7. The van der Waals surface area contributed by atoms with E-state index in [1.807, 2.05) is 0 Å². The largest absolute Gasteiger partial charge is 0.310 e. The summed E-state index contributed by atoms with van der Waals surface area (Å²) in [7, 11) is 0. The average Bonchev–Trinajstić information content (AvgIpc) is 0.813. The third kappa shape index (κ3) is 12.5. The van der Waals surface area contributed by atoms with Gasteiger partial charge in [-0.25, -0.2) is 0 Å². The highest BCUT2D eigenvalue weighted by Crippen LogP contribution is 2.57. The van der Waals surface area contributed by atoms with Gasteiger partial charge in [0.2, 0.25) is 0 Å². The summed E-state index contributed by atoms with van der Waals surface area (Å²) in [4.78, 5) is 7.97. The highest BCUT2D eigenvalue weighted by molar-refractivity contribution is 7.00. The zero-order valence-electron chi connectivity index (χ0n) is 69.5. The second-order valence-corrected chi connectivity index (χ2v) is 36.5. The summed E-state index contributed by atoms with van der Waals surface area (Å²) in [6.07, 6.45) is 0. The Kier molecular flexibility index (Phi) is 17.6. The fraction of sp³-hybridized carbons (Fsp3) is 0.143. The van der Waals surface area contributed by atoms with Gasteiger partial charge in [0.15, 0.2) is 0 Å². The van der Waals surface area contributed by atoms with E-state index in [9.17, 15) is 0 Å². The SMILES string of the molecule is CC(C)(C)c1cc(-c2cc3c4c(c2)N(c2c(-c5ccccc5)cc(C(C)(C)C)cc2-c2ccccc2)c2cc(-n5c6ccccc6c6ccccc65)ccc2B4c2ccc(N(c4ccccc4)c4ccc(-n5c6ccccc6c6ccccc65)cc4)cc2N3c2c(-c3ccccc3)cc(C(C)(C)C)cc2-c2ccccc2)cc(C(C)(C)C)c1. The van der Waals surface area contributed by atoms with Crippen LogP contribution in [0.15, 0.2) is 364 Å². The van der Waals surface area contributed by atoms with Crippen LogP contribution in [-0.4, -0.2) is 15.8 Å². The minimum atomic E-state index is -0.317. The van der Waals surface area contributed by atoms with Crippen molar-refractivity contribution in [1.82, 2.24) is 9.13 Å². The lowest BCUT2D eigenvalue weighted by molar-refractivity contribution is 0.569. The van der Waals surface area contributed by atoms with Crippen LogP contribution in [0.1, 0.15) is 105 Å². The van der Waals surface area contributed by atoms with Gasteiger partial charge < -0.3 is 23.8 Å². The van der Waals surface area contributed by atoms with Gasteiger partial charge in [-0.3, -0.25) is 0 Å². The molecule has 0 atom stereocenters. The molecule has 20 rings (SSSR count). The lowest BCUT2D eigenvalue weighted by Crippen LogP contribution is -2.61. The van der Waals surface area contributed by atoms with Gasteiger partial charge in [0.05, 0.1) is 33.4 Å². The summed E-state index contributed by atoms with van der Waals surface area (Å²) in [5.74, 6) is 0. The fourth-order valence-electron chi connectivity index (χ4n) is 18.7. The van der Waals surface area contributed by atoms with Gasteiger partial charge in [-0.2, -0.15) is 0 Å². The summed E-state index contributed by atoms with van der Waals surface area (Å²) in [6.45, 7) is 28.1. The van der Waals surface area contributed by atoms with E-state index in [-0.39, 0.29) is 28.4 Å². The van der Waals surface area contributed by atoms with Crippen LogP contribution in [0.25, 0.3) is 111 Å². The van der Waals surface area contributed by atoms with Gasteiger partial charge >= 0.3 is 0 Å². The maximum atomic E-state index is 2.75. The van der Waals surface area contributed by atoms with E-state index in [2.05, 4.69) is 471 Å². The van der Waals surface area contributed by atoms with Crippen LogP contribution in [0.3, 0.4) is 0 Å². The molecule has 16 aromatic carbocycles. The van der Waals surface area contributed by atoms with Gasteiger partial charge in [-0.1, -0.05) is 326 Å². The smallest absolute Gasteiger partial charge is 0.252 e. The molecule has 0 saturated carbocycles. The molecule has 0 radical (unpaired) electrons. The topological polar surface area (TPSA) is 19.6 Å². The molecule has 2 aromatic heterocycles. The van der Waals surface area contributed by atoms with Crippen molar-refractivity contribution >= 4 is 118 Å². The van der Waals surface area contributed by atoms with Crippen LogP contribution < -0.4 is 31.1 Å². The quantitative estimate of drug-likeness (QED) is 0.114. The number of nitrogens with zero attached hydrogens (tertiary/aromatic N) is 5. The molecule has 18 aromatic rings. The van der Waals surface area contributed by atoms with Crippen molar-refractivity contribution < 1.29 is 0 Å². The Balaban J connectivity index is 0.964. The molecule has 0 unspecified atom stereocenters. The molecule has 2 aliphatic heterocycles. The molecule has 0 amide bonds. The van der Waals surface area contributed by atoms with Crippen molar-refractivity contribution in [2.45, 2.75) is 105 Å². The van der Waals surface area contributed by atoms with Crippen molar-refractivity contribution in [2.24, 2.45) is 0 Å². The van der Waals surface area contributed by atoms with Gasteiger partial charge in [0.25, 0.3) is 6.71 Å². The number of para-hydroxylation sites is 5. The van der Waals surface area contributed by atoms with Crippen molar-refractivity contribution in [3.63, 3.8) is 0 Å². The average molecular weight is 1520 g/mol. The van der Waals surface area contributed by atoms with Crippen LogP contribution in [0.4, 0.5) is 51.2 Å². The fourth-order valence-corrected chi connectivity index (χ4v) is 18.7. The Bertz CT molecular complexity index is 6690. The minimum absolute atomic E-state index is 0.191. The Labute approximate surface area is 695 Å². The highest BCUT2D eigenvalue weighted by atomic mass is 15.2. The van der Waals surface area contributed by atoms with Crippen LogP contribution in [0.5, 0.6) is 0 Å². The first-order valence-corrected chi connectivity index (χ1v) is 41.8. The molecule has 572 valence electrons. The Morgan fingerprint density at radius 1 is 0.229 bits per heavy atom. The van der Waals surface area contributed by atoms with Crippen molar-refractivity contribution in [1.29, 1.82) is 0 Å². The molecular weight excluding hydrogens is 1430 g/mol. The van der Waals surface area contributed by atoms with Gasteiger partial charge in [0.1, 0.15) is 0 Å². The lowest BCUT2D eigenvalue weighted by Gasteiger charge is -2.46. The molecule has 0 aliphatic carbocycles. The van der Waals surface area contributed by atoms with Crippen molar-refractivity contribution in [3.8, 4) is 67.0 Å². The van der Waals surface area contributed by atoms with E-state index in [4.69, 9.17) is 0 Å². The Morgan fingerprint density at radius 3 is 0.907 bits per heavy atom. The molecule has 0 N–H and O–H groups in total. The molecular formula is C112H96BN5. The molecule has 0 fully saturated rings. The molecule has 4 heterocycles. The number of hydrogen-bond donors (Lipinski definition) is 0. The van der Waals surface area contributed by atoms with Gasteiger partial charge in [-0.05, 0) is 215 Å². The van der Waals surface area contributed by atoms with E-state index in [0.717, 1.165) is 124 Å². The second-order valence-electron chi connectivity index (χ2n) is 36.5. The first-order valence-electron chi connectivity index (χ1n) is 41.8. The predicted octanol–water partition coefficient (Wildman–Crippen LogP) is 29.0. The van der Waals surface area contributed by atoms with Gasteiger partial charge in [-0.15, -0.1) is 0 Å². The number of anilines is 9. The first-order chi connectivity index (χ1) is 57.1. The molecule has 2 aliphatic rings. The van der Waals surface area contributed by atoms with Crippen LogP contribution in [0, 0.1) is 0 Å². The van der Waals surface area contributed by atoms with Gasteiger partial charge in [0, 0.05) is 95.0 Å². The predicted molar refractivity (Wildman–Crippen MR) is 506 cm³/mol. The van der Waals surface area contributed by atoms with E-state index in [1.54, 1.807) is 0 Å². The van der Waals surface area contributed by atoms with E-state index < -0.39 is 0 Å². The summed E-state index contributed by atoms with van der Waals surface area (Å²) >= 11 is 0. The maximum Gasteiger partial charge on any atom is 0.252 e. The third-order valence-corrected chi connectivity index (χ3v) is 24.8. The van der Waals surface area contributed by atoms with Crippen LogP contribution in [0.2, 0.25) is 0 Å². The molecule has 0 bridgehead atoms. The van der Waals surface area contributed by atoms with E-state index in [0.29, 0.717) is 0 Å². The Morgan fingerprint density at radius 2 is 0.525 bits per heavy atom. The normalized spacial score (nSPS) is 12.9. The standard InChI is InChI=1S/C112H96BN5/c1-109(2,3)79-62-77(63-80(66-79)110(4,5)6)78-64-104-106-105(65-78)118(108-94(75-40-22-15-23-41-75)69-82(112(10,11)12)70-95(108)76-42-24-16-25-43-76)103-72-87(116-100-52-34-30-48-90(100)91-49-31-35-53-101(91)116)59-61-97(103)113(106)96-60-58-86(71-102(96)117(104)107-92(73-36-18-13-19-37-73)67-81(111(7,8)9)68-93(107)74-38-20-14-21-39-74)114(83-44-26-17-27-45-83)84-54-56-85(57-55-84)115-98-50-32-28-46-88(98)89-47-29-33-51-99(89)115/h13-72H,1-12H3. The first kappa shape index (κ1) is 73.5. The van der Waals surface area contributed by atoms with Crippen LogP contribution in [-0.2, 0) is 21.7 Å². The maximum absolute atomic E-state index is 2.75. The molecule has 5 nitrogen and oxygen atoms in total. The number of fused-ring (bicyclic) bond motifs is 10. The Hall–Kier alpha value is -13.4. The molecule has 118 heavy (non-hydrogen) atoms. The number of aromatic nitrogens is 2.